The van der Waals surface area contributed by atoms with Crippen LogP contribution in [0.25, 0.3) is 11.0 Å². The van der Waals surface area contributed by atoms with Crippen molar-refractivity contribution in [2.45, 2.75) is 19.1 Å². The standard InChI is InChI=1S/C17H16FN3O/c1-11(17(22)12-6-8-13(18)9-7-12)20-16-10-19-14-4-2-3-5-15(14)21-16/h2-11,17,22H,1H3,(H,20,21)/t11-,17+/m0/s1. The van der Waals surface area contributed by atoms with Crippen LogP contribution in [0.1, 0.15) is 18.6 Å². The van der Waals surface area contributed by atoms with Gasteiger partial charge in [0.15, 0.2) is 0 Å². The van der Waals surface area contributed by atoms with Crippen molar-refractivity contribution in [3.05, 3.63) is 66.1 Å². The highest BCUT2D eigenvalue weighted by Gasteiger charge is 2.17. The van der Waals surface area contributed by atoms with Crippen LogP contribution in [0.4, 0.5) is 10.2 Å². The van der Waals surface area contributed by atoms with E-state index in [1.54, 1.807) is 18.3 Å². The molecule has 2 aromatic carbocycles. The van der Waals surface area contributed by atoms with Crippen LogP contribution in [0.5, 0.6) is 0 Å². The molecule has 2 atom stereocenters. The van der Waals surface area contributed by atoms with Gasteiger partial charge in [0.2, 0.25) is 0 Å². The summed E-state index contributed by atoms with van der Waals surface area (Å²) in [6.07, 6.45) is 0.866. The number of hydrogen-bond acceptors (Lipinski definition) is 4. The first-order valence-electron chi connectivity index (χ1n) is 7.05. The summed E-state index contributed by atoms with van der Waals surface area (Å²) in [6.45, 7) is 1.84. The van der Waals surface area contributed by atoms with Gasteiger partial charge in [-0.1, -0.05) is 24.3 Å². The van der Waals surface area contributed by atoms with Gasteiger partial charge in [-0.2, -0.15) is 0 Å². The summed E-state index contributed by atoms with van der Waals surface area (Å²) in [5.41, 5.74) is 2.26. The number of aliphatic hydroxyl groups is 1. The lowest BCUT2D eigenvalue weighted by Gasteiger charge is -2.21. The Labute approximate surface area is 127 Å². The molecule has 0 aliphatic rings. The lowest BCUT2D eigenvalue weighted by molar-refractivity contribution is 0.160. The number of anilines is 1. The molecule has 0 saturated heterocycles. The van der Waals surface area contributed by atoms with Crippen molar-refractivity contribution < 1.29 is 9.50 Å². The van der Waals surface area contributed by atoms with Crippen molar-refractivity contribution in [3.8, 4) is 0 Å². The smallest absolute Gasteiger partial charge is 0.145 e. The minimum atomic E-state index is -0.770. The summed E-state index contributed by atoms with van der Waals surface area (Å²) in [6, 6.07) is 13.1. The number of nitrogens with zero attached hydrogens (tertiary/aromatic N) is 2. The Morgan fingerprint density at radius 1 is 1.05 bits per heavy atom. The third-order valence-electron chi connectivity index (χ3n) is 3.51. The predicted octanol–water partition coefficient (Wildman–Crippen LogP) is 3.30. The molecule has 0 aliphatic carbocycles. The maximum atomic E-state index is 12.9. The monoisotopic (exact) mass is 297 g/mol. The van der Waals surface area contributed by atoms with Crippen molar-refractivity contribution in [3.63, 3.8) is 0 Å². The maximum Gasteiger partial charge on any atom is 0.145 e. The number of halogens is 1. The Morgan fingerprint density at radius 2 is 1.73 bits per heavy atom. The van der Waals surface area contributed by atoms with E-state index in [0.29, 0.717) is 11.4 Å². The number of aliphatic hydroxyl groups excluding tert-OH is 1. The summed E-state index contributed by atoms with van der Waals surface area (Å²) in [5.74, 6) is 0.268. The molecule has 0 radical (unpaired) electrons. The van der Waals surface area contributed by atoms with Crippen LogP contribution in [-0.2, 0) is 0 Å². The summed E-state index contributed by atoms with van der Waals surface area (Å²) in [5, 5.41) is 13.5. The van der Waals surface area contributed by atoms with Gasteiger partial charge in [-0.3, -0.25) is 4.98 Å². The van der Waals surface area contributed by atoms with Crippen LogP contribution >= 0.6 is 0 Å². The number of para-hydroxylation sites is 2. The number of aromatic nitrogens is 2. The van der Waals surface area contributed by atoms with Crippen LogP contribution in [0.3, 0.4) is 0 Å². The number of hydrogen-bond donors (Lipinski definition) is 2. The number of fused-ring (bicyclic) bond motifs is 1. The molecule has 0 saturated carbocycles. The van der Waals surface area contributed by atoms with Gasteiger partial charge in [0.1, 0.15) is 11.6 Å². The highest BCUT2D eigenvalue weighted by atomic mass is 19.1. The zero-order chi connectivity index (χ0) is 15.5. The van der Waals surface area contributed by atoms with Gasteiger partial charge >= 0.3 is 0 Å². The predicted molar refractivity (Wildman–Crippen MR) is 84.0 cm³/mol. The molecule has 22 heavy (non-hydrogen) atoms. The number of nitrogens with one attached hydrogen (secondary N) is 1. The summed E-state index contributed by atoms with van der Waals surface area (Å²) in [7, 11) is 0. The molecule has 3 rings (SSSR count). The van der Waals surface area contributed by atoms with E-state index >= 15 is 0 Å². The van der Waals surface area contributed by atoms with Crippen molar-refractivity contribution >= 4 is 16.9 Å². The molecule has 112 valence electrons. The van der Waals surface area contributed by atoms with Crippen molar-refractivity contribution in [1.29, 1.82) is 0 Å². The Balaban J connectivity index is 1.77. The molecule has 5 heteroatoms. The molecule has 0 fully saturated rings. The first-order valence-corrected chi connectivity index (χ1v) is 7.05. The molecular weight excluding hydrogens is 281 g/mol. The maximum absolute atomic E-state index is 12.9. The fourth-order valence-corrected chi connectivity index (χ4v) is 2.29. The molecule has 3 aromatic rings. The van der Waals surface area contributed by atoms with Crippen molar-refractivity contribution in [1.82, 2.24) is 9.97 Å². The highest BCUT2D eigenvalue weighted by Crippen LogP contribution is 2.20. The number of rotatable bonds is 4. The lowest BCUT2D eigenvalue weighted by atomic mass is 10.0. The fraction of sp³-hybridized carbons (Fsp3) is 0.176. The minimum absolute atomic E-state index is 0.291. The summed E-state index contributed by atoms with van der Waals surface area (Å²) >= 11 is 0. The van der Waals surface area contributed by atoms with Gasteiger partial charge in [-0.25, -0.2) is 9.37 Å². The van der Waals surface area contributed by atoms with E-state index in [4.69, 9.17) is 0 Å². The zero-order valence-corrected chi connectivity index (χ0v) is 12.1. The molecule has 4 nitrogen and oxygen atoms in total. The van der Waals surface area contributed by atoms with Crippen LogP contribution in [0.2, 0.25) is 0 Å². The highest BCUT2D eigenvalue weighted by molar-refractivity contribution is 5.75. The van der Waals surface area contributed by atoms with Crippen LogP contribution in [0, 0.1) is 5.82 Å². The quantitative estimate of drug-likeness (QED) is 0.775. The van der Waals surface area contributed by atoms with Crippen LogP contribution in [0.15, 0.2) is 54.7 Å². The molecular formula is C17H16FN3O. The van der Waals surface area contributed by atoms with Gasteiger partial charge in [-0.05, 0) is 36.8 Å². The summed E-state index contributed by atoms with van der Waals surface area (Å²) < 4.78 is 12.9. The largest absolute Gasteiger partial charge is 0.386 e. The first kappa shape index (κ1) is 14.4. The molecule has 1 aromatic heterocycles. The van der Waals surface area contributed by atoms with E-state index in [-0.39, 0.29) is 11.9 Å². The molecule has 0 spiro atoms. The SMILES string of the molecule is C[C@H](Nc1cnc2ccccc2n1)[C@@H](O)c1ccc(F)cc1. The Morgan fingerprint density at radius 3 is 2.45 bits per heavy atom. The molecule has 0 bridgehead atoms. The van der Waals surface area contributed by atoms with E-state index in [0.717, 1.165) is 11.0 Å². The summed E-state index contributed by atoms with van der Waals surface area (Å²) in [4.78, 5) is 8.78. The first-order chi connectivity index (χ1) is 10.6. The van der Waals surface area contributed by atoms with Crippen molar-refractivity contribution in [2.24, 2.45) is 0 Å². The fourth-order valence-electron chi connectivity index (χ4n) is 2.29. The van der Waals surface area contributed by atoms with Gasteiger partial charge in [-0.15, -0.1) is 0 Å². The van der Waals surface area contributed by atoms with Gasteiger partial charge in [0.05, 0.1) is 29.4 Å². The van der Waals surface area contributed by atoms with E-state index in [9.17, 15) is 9.50 Å². The van der Waals surface area contributed by atoms with E-state index in [2.05, 4.69) is 15.3 Å². The van der Waals surface area contributed by atoms with Crippen LogP contribution in [-0.4, -0.2) is 21.1 Å². The lowest BCUT2D eigenvalue weighted by Crippen LogP contribution is -2.24. The van der Waals surface area contributed by atoms with E-state index < -0.39 is 6.10 Å². The van der Waals surface area contributed by atoms with E-state index in [1.807, 2.05) is 31.2 Å². The topological polar surface area (TPSA) is 58.0 Å². The minimum Gasteiger partial charge on any atom is -0.386 e. The van der Waals surface area contributed by atoms with Crippen LogP contribution < -0.4 is 5.32 Å². The van der Waals surface area contributed by atoms with Gasteiger partial charge in [0, 0.05) is 0 Å². The molecule has 1 heterocycles. The van der Waals surface area contributed by atoms with Gasteiger partial charge < -0.3 is 10.4 Å². The third-order valence-corrected chi connectivity index (χ3v) is 3.51. The molecule has 2 N–H and O–H groups in total. The third kappa shape index (κ3) is 3.04. The Hall–Kier alpha value is -2.53. The average Bonchev–Trinajstić information content (AvgIpc) is 2.55. The zero-order valence-electron chi connectivity index (χ0n) is 12.1. The second-order valence-electron chi connectivity index (χ2n) is 5.17. The molecule has 0 aliphatic heterocycles. The second-order valence-corrected chi connectivity index (χ2v) is 5.17. The second kappa shape index (κ2) is 6.07. The molecule has 0 amide bonds. The molecule has 0 unspecified atom stereocenters. The Bertz CT molecular complexity index is 776. The normalized spacial score (nSPS) is 13.8. The number of benzene rings is 2. The van der Waals surface area contributed by atoms with E-state index in [1.165, 1.54) is 12.1 Å². The van der Waals surface area contributed by atoms with Crippen molar-refractivity contribution in [2.75, 3.05) is 5.32 Å². The Kier molecular flexibility index (Phi) is 3.98. The average molecular weight is 297 g/mol. The van der Waals surface area contributed by atoms with Gasteiger partial charge in [0.25, 0.3) is 0 Å².